The van der Waals surface area contributed by atoms with Gasteiger partial charge < -0.3 is 10.4 Å². The maximum Gasteiger partial charge on any atom is 0.326 e. The Morgan fingerprint density at radius 2 is 2.00 bits per heavy atom. The van der Waals surface area contributed by atoms with Crippen LogP contribution in [0.3, 0.4) is 0 Å². The van der Waals surface area contributed by atoms with Gasteiger partial charge in [0.2, 0.25) is 5.91 Å². The SMILES string of the molecule is CC[C@@H](C)[C@H](NC(=O)CN1C(=O)/C(=C/c2ccccc2)SC1=S)C(=O)O. The van der Waals surface area contributed by atoms with Crippen LogP contribution in [0.2, 0.25) is 0 Å². The first kappa shape index (κ1) is 20.1. The third-order valence-electron chi connectivity index (χ3n) is 4.07. The molecule has 0 radical (unpaired) electrons. The van der Waals surface area contributed by atoms with E-state index < -0.39 is 17.9 Å². The zero-order chi connectivity index (χ0) is 19.3. The lowest BCUT2D eigenvalue weighted by atomic mass is 9.99. The molecule has 2 N–H and O–H groups in total. The molecule has 2 amide bonds. The van der Waals surface area contributed by atoms with Crippen LogP contribution in [0.1, 0.15) is 25.8 Å². The van der Waals surface area contributed by atoms with Crippen molar-refractivity contribution in [3.63, 3.8) is 0 Å². The van der Waals surface area contributed by atoms with E-state index in [0.717, 1.165) is 17.3 Å². The predicted molar refractivity (Wildman–Crippen MR) is 105 cm³/mol. The van der Waals surface area contributed by atoms with Gasteiger partial charge in [0.15, 0.2) is 0 Å². The summed E-state index contributed by atoms with van der Waals surface area (Å²) in [4.78, 5) is 37.7. The van der Waals surface area contributed by atoms with Gasteiger partial charge in [0.1, 0.15) is 16.9 Å². The lowest BCUT2D eigenvalue weighted by Crippen LogP contribution is -2.49. The van der Waals surface area contributed by atoms with Gasteiger partial charge >= 0.3 is 5.97 Å². The number of nitrogens with one attached hydrogen (secondary N) is 1. The van der Waals surface area contributed by atoms with Crippen molar-refractivity contribution >= 4 is 52.2 Å². The van der Waals surface area contributed by atoms with E-state index in [0.29, 0.717) is 11.3 Å². The Morgan fingerprint density at radius 1 is 1.35 bits per heavy atom. The lowest BCUT2D eigenvalue weighted by molar-refractivity contribution is -0.143. The summed E-state index contributed by atoms with van der Waals surface area (Å²) in [6, 6.07) is 8.34. The van der Waals surface area contributed by atoms with Crippen molar-refractivity contribution in [2.75, 3.05) is 6.54 Å². The smallest absolute Gasteiger partial charge is 0.326 e. The molecule has 138 valence electrons. The highest BCUT2D eigenvalue weighted by molar-refractivity contribution is 8.26. The first-order valence-electron chi connectivity index (χ1n) is 8.16. The molecule has 26 heavy (non-hydrogen) atoms. The number of thiocarbonyl (C=S) groups is 1. The standard InChI is InChI=1S/C18H20N2O4S2/c1-3-11(2)15(17(23)24)19-14(21)10-20-16(22)13(26-18(20)25)9-12-7-5-4-6-8-12/h4-9,11,15H,3,10H2,1-2H3,(H,19,21)(H,23,24)/b13-9-/t11-,15+/m1/s1. The monoisotopic (exact) mass is 392 g/mol. The fraction of sp³-hybridized carbons (Fsp3) is 0.333. The highest BCUT2D eigenvalue weighted by atomic mass is 32.2. The zero-order valence-corrected chi connectivity index (χ0v) is 16.1. The molecular formula is C18H20N2O4S2. The number of benzene rings is 1. The van der Waals surface area contributed by atoms with Gasteiger partial charge in [0, 0.05) is 0 Å². The fourth-order valence-corrected chi connectivity index (χ4v) is 3.64. The largest absolute Gasteiger partial charge is 0.480 e. The number of thioether (sulfide) groups is 1. The minimum Gasteiger partial charge on any atom is -0.480 e. The summed E-state index contributed by atoms with van der Waals surface area (Å²) in [6.07, 6.45) is 2.33. The Hall–Kier alpha value is -2.19. The predicted octanol–water partition coefficient (Wildman–Crippen LogP) is 2.50. The van der Waals surface area contributed by atoms with E-state index in [1.807, 2.05) is 37.3 Å². The summed E-state index contributed by atoms with van der Waals surface area (Å²) in [6.45, 7) is 3.31. The molecule has 8 heteroatoms. The number of aliphatic carboxylic acids is 1. The number of hydrogen-bond acceptors (Lipinski definition) is 5. The number of amides is 2. The van der Waals surface area contributed by atoms with E-state index in [9.17, 15) is 19.5 Å². The molecule has 0 bridgehead atoms. The minimum absolute atomic E-state index is 0.222. The molecule has 2 rings (SSSR count). The van der Waals surface area contributed by atoms with Crippen LogP contribution in [0.4, 0.5) is 0 Å². The molecule has 1 aromatic rings. The van der Waals surface area contributed by atoms with E-state index in [-0.39, 0.29) is 22.7 Å². The second-order valence-corrected chi connectivity index (χ2v) is 7.62. The van der Waals surface area contributed by atoms with Crippen molar-refractivity contribution < 1.29 is 19.5 Å². The molecule has 1 saturated heterocycles. The van der Waals surface area contributed by atoms with Gasteiger partial charge in [-0.15, -0.1) is 0 Å². The number of carboxylic acids is 1. The second-order valence-electron chi connectivity index (χ2n) is 5.95. The highest BCUT2D eigenvalue weighted by Gasteiger charge is 2.34. The van der Waals surface area contributed by atoms with E-state index in [1.54, 1.807) is 13.0 Å². The Balaban J connectivity index is 2.06. The molecule has 1 fully saturated rings. The van der Waals surface area contributed by atoms with Crippen molar-refractivity contribution in [3.8, 4) is 0 Å². The third kappa shape index (κ3) is 4.92. The fourth-order valence-electron chi connectivity index (χ4n) is 2.38. The highest BCUT2D eigenvalue weighted by Crippen LogP contribution is 2.32. The Bertz CT molecular complexity index is 749. The van der Waals surface area contributed by atoms with Crippen LogP contribution < -0.4 is 5.32 Å². The van der Waals surface area contributed by atoms with Gasteiger partial charge in [0.25, 0.3) is 5.91 Å². The molecular weight excluding hydrogens is 372 g/mol. The molecule has 0 aromatic heterocycles. The van der Waals surface area contributed by atoms with Gasteiger partial charge in [-0.2, -0.15) is 0 Å². The van der Waals surface area contributed by atoms with Gasteiger partial charge in [-0.25, -0.2) is 4.79 Å². The molecule has 1 aromatic carbocycles. The third-order valence-corrected chi connectivity index (χ3v) is 5.45. The lowest BCUT2D eigenvalue weighted by Gasteiger charge is -2.21. The number of hydrogen-bond donors (Lipinski definition) is 2. The topological polar surface area (TPSA) is 86.7 Å². The first-order valence-corrected chi connectivity index (χ1v) is 9.38. The molecule has 0 unspecified atom stereocenters. The number of nitrogens with zero attached hydrogens (tertiary/aromatic N) is 1. The molecule has 1 aliphatic rings. The Kier molecular flexibility index (Phi) is 6.93. The summed E-state index contributed by atoms with van der Waals surface area (Å²) in [7, 11) is 0. The maximum absolute atomic E-state index is 12.5. The molecule has 2 atom stereocenters. The molecule has 1 heterocycles. The van der Waals surface area contributed by atoms with Crippen LogP contribution in [0.15, 0.2) is 35.2 Å². The number of rotatable bonds is 7. The molecule has 0 spiro atoms. The molecule has 6 nitrogen and oxygen atoms in total. The van der Waals surface area contributed by atoms with Crippen molar-refractivity contribution in [2.45, 2.75) is 26.3 Å². The van der Waals surface area contributed by atoms with Gasteiger partial charge in [-0.1, -0.05) is 74.6 Å². The van der Waals surface area contributed by atoms with Crippen LogP contribution in [0.25, 0.3) is 6.08 Å². The number of carbonyl (C=O) groups is 3. The zero-order valence-electron chi connectivity index (χ0n) is 14.5. The van der Waals surface area contributed by atoms with Crippen molar-refractivity contribution in [1.82, 2.24) is 10.2 Å². The van der Waals surface area contributed by atoms with E-state index in [4.69, 9.17) is 12.2 Å². The average molecular weight is 393 g/mol. The first-order chi connectivity index (χ1) is 12.3. The minimum atomic E-state index is -1.10. The van der Waals surface area contributed by atoms with Gasteiger partial charge in [0.05, 0.1) is 4.91 Å². The van der Waals surface area contributed by atoms with E-state index in [2.05, 4.69) is 5.32 Å². The van der Waals surface area contributed by atoms with Crippen LogP contribution in [-0.2, 0) is 14.4 Å². The van der Waals surface area contributed by atoms with Crippen LogP contribution in [0, 0.1) is 5.92 Å². The summed E-state index contributed by atoms with van der Waals surface area (Å²) in [5, 5.41) is 11.7. The number of carbonyl (C=O) groups excluding carboxylic acids is 2. The van der Waals surface area contributed by atoms with Crippen molar-refractivity contribution in [2.24, 2.45) is 5.92 Å². The summed E-state index contributed by atoms with van der Waals surface area (Å²) in [5.74, 6) is -2.22. The van der Waals surface area contributed by atoms with Crippen LogP contribution >= 0.6 is 24.0 Å². The van der Waals surface area contributed by atoms with Crippen molar-refractivity contribution in [3.05, 3.63) is 40.8 Å². The van der Waals surface area contributed by atoms with Crippen LogP contribution in [0.5, 0.6) is 0 Å². The molecule has 1 aliphatic heterocycles. The normalized spacial score (nSPS) is 18.1. The summed E-state index contributed by atoms with van der Waals surface area (Å²) in [5.41, 5.74) is 0.861. The van der Waals surface area contributed by atoms with E-state index >= 15 is 0 Å². The average Bonchev–Trinajstić information content (AvgIpc) is 2.87. The molecule has 0 aliphatic carbocycles. The summed E-state index contributed by atoms with van der Waals surface area (Å²) < 4.78 is 0.280. The molecule has 0 saturated carbocycles. The van der Waals surface area contributed by atoms with E-state index in [1.165, 1.54) is 4.90 Å². The Labute approximate surface area is 161 Å². The number of carboxylic acid groups (broad SMARTS) is 1. The van der Waals surface area contributed by atoms with Crippen LogP contribution in [-0.4, -0.2) is 44.7 Å². The quantitative estimate of drug-likeness (QED) is 0.548. The summed E-state index contributed by atoms with van der Waals surface area (Å²) >= 11 is 6.33. The Morgan fingerprint density at radius 3 is 2.58 bits per heavy atom. The van der Waals surface area contributed by atoms with Crippen molar-refractivity contribution in [1.29, 1.82) is 0 Å². The van der Waals surface area contributed by atoms with Gasteiger partial charge in [-0.3, -0.25) is 14.5 Å². The van der Waals surface area contributed by atoms with Gasteiger partial charge in [-0.05, 0) is 17.6 Å². The maximum atomic E-state index is 12.5. The second kappa shape index (κ2) is 8.95.